The zero-order chi connectivity index (χ0) is 12.0. The van der Waals surface area contributed by atoms with E-state index in [-0.39, 0.29) is 22.7 Å². The molecule has 0 atom stereocenters. The van der Waals surface area contributed by atoms with E-state index in [2.05, 4.69) is 20.8 Å². The van der Waals surface area contributed by atoms with Crippen LogP contribution in [0.3, 0.4) is 0 Å². The number of hydrogen-bond acceptors (Lipinski definition) is 3. The molecule has 0 N–H and O–H groups in total. The van der Waals surface area contributed by atoms with Crippen molar-refractivity contribution in [2.75, 3.05) is 0 Å². The Morgan fingerprint density at radius 2 is 1.88 bits per heavy atom. The molecule has 2 aliphatic heterocycles. The van der Waals surface area contributed by atoms with Gasteiger partial charge in [0.15, 0.2) is 5.82 Å². The molecule has 1 aromatic carbocycles. The van der Waals surface area contributed by atoms with Gasteiger partial charge >= 0.3 is 6.36 Å². The third kappa shape index (κ3) is 1.61. The maximum absolute atomic E-state index is 12.3. The Balaban J connectivity index is 2.25. The number of hydrogen-bond donors (Lipinski definition) is 0. The van der Waals surface area contributed by atoms with Gasteiger partial charge in [0.2, 0.25) is 0 Å². The molecule has 6 heteroatoms. The minimum absolute atomic E-state index is 0.209. The van der Waals surface area contributed by atoms with Crippen molar-refractivity contribution in [3.05, 3.63) is 30.6 Å². The summed E-state index contributed by atoms with van der Waals surface area (Å²) in [5, 5.41) is 0. The topological polar surface area (TPSA) is 35.0 Å². The molecule has 1 aromatic heterocycles. The summed E-state index contributed by atoms with van der Waals surface area (Å²) in [4.78, 5) is 7.91. The number of halogens is 3. The Morgan fingerprint density at radius 3 is 2.53 bits per heavy atom. The molecule has 1 radical (unpaired) electrons. The van der Waals surface area contributed by atoms with E-state index in [0.717, 1.165) is 0 Å². The molecule has 17 heavy (non-hydrogen) atoms. The van der Waals surface area contributed by atoms with Crippen LogP contribution in [-0.2, 0) is 0 Å². The van der Waals surface area contributed by atoms with Crippen molar-refractivity contribution >= 4 is 0 Å². The van der Waals surface area contributed by atoms with Crippen molar-refractivity contribution in [1.82, 2.24) is 9.97 Å². The molecule has 4 bridgehead atoms. The maximum Gasteiger partial charge on any atom is 0.573 e. The van der Waals surface area contributed by atoms with Gasteiger partial charge in [-0.05, 0) is 12.1 Å². The van der Waals surface area contributed by atoms with Gasteiger partial charge in [-0.1, -0.05) is 6.07 Å². The lowest BCUT2D eigenvalue weighted by Crippen LogP contribution is -2.18. The fourth-order valence-corrected chi connectivity index (χ4v) is 1.69. The zero-order valence-electron chi connectivity index (χ0n) is 8.25. The average Bonchev–Trinajstić information content (AvgIpc) is 2.39. The van der Waals surface area contributed by atoms with Gasteiger partial charge in [-0.3, -0.25) is 0 Å². The fourth-order valence-electron chi connectivity index (χ4n) is 1.69. The van der Waals surface area contributed by atoms with E-state index >= 15 is 0 Å². The van der Waals surface area contributed by atoms with Gasteiger partial charge in [0, 0.05) is 23.5 Å². The molecular formula is C11H4F3N2O. The summed E-state index contributed by atoms with van der Waals surface area (Å²) in [6.45, 7) is 0. The van der Waals surface area contributed by atoms with Gasteiger partial charge in [0.05, 0.1) is 5.56 Å². The quantitative estimate of drug-likeness (QED) is 0.652. The van der Waals surface area contributed by atoms with Crippen LogP contribution < -0.4 is 4.74 Å². The zero-order valence-corrected chi connectivity index (χ0v) is 8.25. The van der Waals surface area contributed by atoms with Crippen LogP contribution >= 0.6 is 0 Å². The second-order valence-corrected chi connectivity index (χ2v) is 3.44. The first kappa shape index (κ1) is 10.1. The van der Waals surface area contributed by atoms with Gasteiger partial charge < -0.3 is 4.74 Å². The largest absolute Gasteiger partial charge is 0.573 e. The molecule has 2 aromatic rings. The number of alkyl halides is 3. The maximum atomic E-state index is 12.3. The Labute approximate surface area is 93.9 Å². The molecule has 0 amide bonds. The van der Waals surface area contributed by atoms with E-state index in [1.165, 1.54) is 24.5 Å². The summed E-state index contributed by atoms with van der Waals surface area (Å²) >= 11 is 0. The van der Waals surface area contributed by atoms with Crippen LogP contribution in [0.1, 0.15) is 0 Å². The van der Waals surface area contributed by atoms with Crippen molar-refractivity contribution in [2.24, 2.45) is 0 Å². The Morgan fingerprint density at radius 1 is 1.18 bits per heavy atom. The van der Waals surface area contributed by atoms with Crippen molar-refractivity contribution < 1.29 is 17.9 Å². The number of benzene rings is 1. The first-order valence-corrected chi connectivity index (χ1v) is 4.68. The van der Waals surface area contributed by atoms with Crippen LogP contribution in [0.4, 0.5) is 13.2 Å². The van der Waals surface area contributed by atoms with Gasteiger partial charge in [0.25, 0.3) is 0 Å². The van der Waals surface area contributed by atoms with Gasteiger partial charge in [-0.2, -0.15) is 0 Å². The summed E-state index contributed by atoms with van der Waals surface area (Å²) in [5.41, 5.74) is 0.892. The van der Waals surface area contributed by atoms with Crippen LogP contribution in [0.5, 0.6) is 5.75 Å². The summed E-state index contributed by atoms with van der Waals surface area (Å²) in [6.07, 6.45) is -1.85. The highest BCUT2D eigenvalue weighted by Crippen LogP contribution is 2.42. The monoisotopic (exact) mass is 237 g/mol. The summed E-state index contributed by atoms with van der Waals surface area (Å²) in [7, 11) is 0. The smallest absolute Gasteiger partial charge is 0.404 e. The average molecular weight is 237 g/mol. The van der Waals surface area contributed by atoms with E-state index in [1.54, 1.807) is 0 Å². The SMILES string of the molecule is FC(F)(F)Oc1c2[c]ccc1-c1ncc-2cn1. The molecular weight excluding hydrogens is 233 g/mol. The highest BCUT2D eigenvalue weighted by molar-refractivity contribution is 5.81. The summed E-state index contributed by atoms with van der Waals surface area (Å²) in [5.74, 6) is -0.0826. The third-order valence-electron chi connectivity index (χ3n) is 2.35. The first-order valence-electron chi connectivity index (χ1n) is 4.68. The third-order valence-corrected chi connectivity index (χ3v) is 2.35. The molecule has 3 heterocycles. The Kier molecular flexibility index (Phi) is 1.89. The predicted octanol–water partition coefficient (Wildman–Crippen LogP) is 2.82. The van der Waals surface area contributed by atoms with E-state index in [1.807, 2.05) is 0 Å². The van der Waals surface area contributed by atoms with Crippen LogP contribution in [-0.4, -0.2) is 16.3 Å². The Bertz CT molecular complexity index is 537. The van der Waals surface area contributed by atoms with E-state index in [4.69, 9.17) is 0 Å². The molecule has 2 aliphatic rings. The molecule has 0 fully saturated rings. The molecule has 85 valence electrons. The minimum atomic E-state index is -4.75. The van der Waals surface area contributed by atoms with Gasteiger partial charge in [-0.15, -0.1) is 13.2 Å². The lowest BCUT2D eigenvalue weighted by Gasteiger charge is -2.13. The van der Waals surface area contributed by atoms with E-state index in [0.29, 0.717) is 5.56 Å². The second kappa shape index (κ2) is 3.19. The first-order chi connectivity index (χ1) is 8.04. The lowest BCUT2D eigenvalue weighted by molar-refractivity contribution is -0.274. The fraction of sp³-hybridized carbons (Fsp3) is 0.0909. The van der Waals surface area contributed by atoms with Crippen molar-refractivity contribution in [2.45, 2.75) is 6.36 Å². The van der Waals surface area contributed by atoms with Crippen LogP contribution in [0, 0.1) is 6.07 Å². The number of ether oxygens (including phenoxy) is 1. The van der Waals surface area contributed by atoms with Crippen LogP contribution in [0.15, 0.2) is 24.5 Å². The molecule has 0 spiro atoms. The van der Waals surface area contributed by atoms with Crippen molar-refractivity contribution in [3.63, 3.8) is 0 Å². The van der Waals surface area contributed by atoms with Crippen molar-refractivity contribution in [1.29, 1.82) is 0 Å². The standard InChI is InChI=1S/C11H4F3N2O/c12-11(13,14)17-9-7-2-1-3-8(9)10-15-4-6(7)5-16-10/h1,3-5H. The summed E-state index contributed by atoms with van der Waals surface area (Å²) < 4.78 is 41.0. The number of fused-ring (bicyclic) bond motifs is 2. The highest BCUT2D eigenvalue weighted by atomic mass is 19.4. The van der Waals surface area contributed by atoms with Gasteiger partial charge in [-0.25, -0.2) is 9.97 Å². The van der Waals surface area contributed by atoms with Crippen molar-refractivity contribution in [3.8, 4) is 28.3 Å². The van der Waals surface area contributed by atoms with Crippen LogP contribution in [0.2, 0.25) is 0 Å². The molecule has 0 unspecified atom stereocenters. The number of nitrogens with zero attached hydrogens (tertiary/aromatic N) is 2. The molecule has 0 saturated heterocycles. The second-order valence-electron chi connectivity index (χ2n) is 3.44. The minimum Gasteiger partial charge on any atom is -0.404 e. The number of aromatic nitrogens is 2. The van der Waals surface area contributed by atoms with Crippen LogP contribution in [0.25, 0.3) is 22.5 Å². The lowest BCUT2D eigenvalue weighted by atomic mass is 10.1. The number of rotatable bonds is 1. The van der Waals surface area contributed by atoms with E-state index in [9.17, 15) is 13.2 Å². The van der Waals surface area contributed by atoms with E-state index < -0.39 is 6.36 Å². The normalized spacial score (nSPS) is 12.4. The highest BCUT2D eigenvalue weighted by Gasteiger charge is 2.34. The molecule has 0 aliphatic carbocycles. The molecule has 4 rings (SSSR count). The predicted molar refractivity (Wildman–Crippen MR) is 52.0 cm³/mol. The summed E-state index contributed by atoms with van der Waals surface area (Å²) in [6, 6.07) is 5.68. The molecule has 0 saturated carbocycles. The molecule has 3 nitrogen and oxygen atoms in total. The Hall–Kier alpha value is -2.11. The van der Waals surface area contributed by atoms with Gasteiger partial charge in [0.1, 0.15) is 5.75 Å².